The second-order valence-electron chi connectivity index (χ2n) is 6.74. The fraction of sp³-hybridized carbons (Fsp3) is 0.933. The van der Waals surface area contributed by atoms with Crippen LogP contribution in [0.4, 0.5) is 0 Å². The van der Waals surface area contributed by atoms with Gasteiger partial charge in [-0.05, 0) is 63.5 Å². The van der Waals surface area contributed by atoms with Gasteiger partial charge in [-0.1, -0.05) is 0 Å². The number of carbonyl (C=O) groups excluding carboxylic acids is 1. The van der Waals surface area contributed by atoms with Crippen molar-refractivity contribution < 1.29 is 4.79 Å². The van der Waals surface area contributed by atoms with E-state index < -0.39 is 0 Å². The summed E-state index contributed by atoms with van der Waals surface area (Å²) < 4.78 is 0. The Morgan fingerprint density at radius 3 is 2.72 bits per heavy atom. The summed E-state index contributed by atoms with van der Waals surface area (Å²) >= 11 is 0. The molecule has 0 saturated carbocycles. The molecule has 4 aliphatic heterocycles. The summed E-state index contributed by atoms with van der Waals surface area (Å²) in [4.78, 5) is 17.2. The van der Waals surface area contributed by atoms with Gasteiger partial charge in [0, 0.05) is 25.0 Å². The Bertz CT molecular complexity index is 354. The molecule has 0 unspecified atom stereocenters. The molecule has 3 heteroatoms. The third-order valence-electron chi connectivity index (χ3n) is 5.88. The molecule has 4 saturated heterocycles. The van der Waals surface area contributed by atoms with Gasteiger partial charge in [0.05, 0.1) is 0 Å². The Kier molecular flexibility index (Phi) is 2.65. The quantitative estimate of drug-likeness (QED) is 0.653. The number of fused-ring (bicyclic) bond motifs is 2. The van der Waals surface area contributed by atoms with Crippen molar-refractivity contribution in [3.8, 4) is 0 Å². The van der Waals surface area contributed by atoms with Crippen LogP contribution in [0.25, 0.3) is 0 Å². The summed E-state index contributed by atoms with van der Waals surface area (Å²) in [7, 11) is 0. The van der Waals surface area contributed by atoms with E-state index in [0.717, 1.165) is 37.3 Å². The zero-order valence-corrected chi connectivity index (χ0v) is 11.2. The Hall–Kier alpha value is -0.570. The Morgan fingerprint density at radius 1 is 1.00 bits per heavy atom. The van der Waals surface area contributed by atoms with Gasteiger partial charge >= 0.3 is 0 Å². The first-order valence-corrected chi connectivity index (χ1v) is 7.88. The summed E-state index contributed by atoms with van der Waals surface area (Å²) in [5, 5.41) is 0. The Labute approximate surface area is 110 Å². The van der Waals surface area contributed by atoms with Crippen LogP contribution in [0.2, 0.25) is 0 Å². The molecule has 0 aromatic heterocycles. The van der Waals surface area contributed by atoms with Crippen LogP contribution < -0.4 is 0 Å². The van der Waals surface area contributed by atoms with Crippen molar-refractivity contribution in [3.63, 3.8) is 0 Å². The minimum absolute atomic E-state index is 0.451. The molecule has 0 N–H and O–H groups in total. The predicted octanol–water partition coefficient (Wildman–Crippen LogP) is 1.87. The molecule has 0 radical (unpaired) electrons. The highest BCUT2D eigenvalue weighted by atomic mass is 16.2. The van der Waals surface area contributed by atoms with Gasteiger partial charge in [0.1, 0.15) is 0 Å². The van der Waals surface area contributed by atoms with Gasteiger partial charge in [0.25, 0.3) is 0 Å². The van der Waals surface area contributed by atoms with Crippen LogP contribution in [0.5, 0.6) is 0 Å². The van der Waals surface area contributed by atoms with Gasteiger partial charge in [0.2, 0.25) is 5.91 Å². The van der Waals surface area contributed by atoms with E-state index in [-0.39, 0.29) is 0 Å². The lowest BCUT2D eigenvalue weighted by atomic mass is 9.68. The van der Waals surface area contributed by atoms with E-state index >= 15 is 0 Å². The lowest BCUT2D eigenvalue weighted by Crippen LogP contribution is -2.66. The molecule has 0 aromatic rings. The fourth-order valence-corrected chi connectivity index (χ4v) is 5.26. The SMILES string of the molecule is O=C1CCC[C@H]2[C@H]3CCCN4CCC[C@@H](CN12)[C@@H]34. The average Bonchev–Trinajstić information content (AvgIpc) is 2.41. The highest BCUT2D eigenvalue weighted by molar-refractivity contribution is 5.77. The van der Waals surface area contributed by atoms with Crippen molar-refractivity contribution in [2.45, 2.75) is 57.0 Å². The lowest BCUT2D eigenvalue weighted by molar-refractivity contribution is -0.150. The molecular formula is C15H24N2O. The largest absolute Gasteiger partial charge is 0.339 e. The third-order valence-corrected chi connectivity index (χ3v) is 5.88. The minimum Gasteiger partial charge on any atom is -0.339 e. The van der Waals surface area contributed by atoms with Crippen molar-refractivity contribution >= 4 is 5.91 Å². The zero-order chi connectivity index (χ0) is 12.1. The molecule has 4 atom stereocenters. The first kappa shape index (κ1) is 11.3. The van der Waals surface area contributed by atoms with Gasteiger partial charge in [-0.15, -0.1) is 0 Å². The van der Waals surface area contributed by atoms with Crippen molar-refractivity contribution in [1.29, 1.82) is 0 Å². The van der Waals surface area contributed by atoms with Crippen LogP contribution >= 0.6 is 0 Å². The van der Waals surface area contributed by atoms with Gasteiger partial charge in [0.15, 0.2) is 0 Å². The highest BCUT2D eigenvalue weighted by Crippen LogP contribution is 2.44. The molecule has 0 aromatic carbocycles. The number of hydrogen-bond donors (Lipinski definition) is 0. The normalized spacial score (nSPS) is 44.4. The van der Waals surface area contributed by atoms with Crippen LogP contribution in [-0.2, 0) is 4.79 Å². The summed E-state index contributed by atoms with van der Waals surface area (Å²) in [6.45, 7) is 3.71. The molecule has 18 heavy (non-hydrogen) atoms. The van der Waals surface area contributed by atoms with Crippen LogP contribution in [-0.4, -0.2) is 47.4 Å². The number of hydrogen-bond acceptors (Lipinski definition) is 2. The fourth-order valence-electron chi connectivity index (χ4n) is 5.26. The molecule has 4 fully saturated rings. The standard InChI is InChI=1S/C15H24N2O/c18-14-7-1-6-13-12-5-3-9-16-8-2-4-11(15(12)16)10-17(13)14/h11-13,15H,1-10H2/t11-,12+,13-,15-/m0/s1. The van der Waals surface area contributed by atoms with Crippen LogP contribution in [0, 0.1) is 11.8 Å². The van der Waals surface area contributed by atoms with Crippen LogP contribution in [0.3, 0.4) is 0 Å². The summed E-state index contributed by atoms with van der Waals surface area (Å²) in [6.07, 6.45) is 8.64. The predicted molar refractivity (Wildman–Crippen MR) is 70.2 cm³/mol. The van der Waals surface area contributed by atoms with Gasteiger partial charge in [-0.3, -0.25) is 9.69 Å². The molecule has 4 rings (SSSR count). The topological polar surface area (TPSA) is 23.6 Å². The second kappa shape index (κ2) is 4.22. The van der Waals surface area contributed by atoms with E-state index in [4.69, 9.17) is 0 Å². The van der Waals surface area contributed by atoms with Gasteiger partial charge in [-0.25, -0.2) is 0 Å². The second-order valence-corrected chi connectivity index (χ2v) is 6.74. The molecular weight excluding hydrogens is 224 g/mol. The van der Waals surface area contributed by atoms with Crippen LogP contribution in [0.15, 0.2) is 0 Å². The maximum absolute atomic E-state index is 12.2. The molecule has 1 amide bonds. The van der Waals surface area contributed by atoms with Crippen molar-refractivity contribution in [2.75, 3.05) is 19.6 Å². The maximum atomic E-state index is 12.2. The molecule has 3 nitrogen and oxygen atoms in total. The van der Waals surface area contributed by atoms with Crippen molar-refractivity contribution in [2.24, 2.45) is 11.8 Å². The first-order valence-electron chi connectivity index (χ1n) is 7.88. The summed E-state index contributed by atoms with van der Waals surface area (Å²) in [5.74, 6) is 2.02. The van der Waals surface area contributed by atoms with E-state index in [0.29, 0.717) is 11.9 Å². The van der Waals surface area contributed by atoms with Gasteiger partial charge in [-0.2, -0.15) is 0 Å². The summed E-state index contributed by atoms with van der Waals surface area (Å²) in [6, 6.07) is 1.41. The third kappa shape index (κ3) is 1.56. The average molecular weight is 248 g/mol. The molecule has 100 valence electrons. The van der Waals surface area contributed by atoms with E-state index in [2.05, 4.69) is 9.80 Å². The van der Waals surface area contributed by atoms with E-state index in [9.17, 15) is 4.79 Å². The smallest absolute Gasteiger partial charge is 0.222 e. The number of piperidine rings is 4. The van der Waals surface area contributed by atoms with Crippen LogP contribution in [0.1, 0.15) is 44.9 Å². The summed E-state index contributed by atoms with van der Waals surface area (Å²) in [5.41, 5.74) is 0. The number of nitrogens with zero attached hydrogens (tertiary/aromatic N) is 2. The van der Waals surface area contributed by atoms with Crippen molar-refractivity contribution in [1.82, 2.24) is 9.80 Å². The molecule has 0 aliphatic carbocycles. The maximum Gasteiger partial charge on any atom is 0.222 e. The van der Waals surface area contributed by atoms with Crippen molar-refractivity contribution in [3.05, 3.63) is 0 Å². The van der Waals surface area contributed by atoms with Gasteiger partial charge < -0.3 is 4.90 Å². The monoisotopic (exact) mass is 248 g/mol. The molecule has 0 spiro atoms. The highest BCUT2D eigenvalue weighted by Gasteiger charge is 2.50. The Balaban J connectivity index is 1.66. The van der Waals surface area contributed by atoms with E-state index in [1.165, 1.54) is 45.2 Å². The Morgan fingerprint density at radius 2 is 1.83 bits per heavy atom. The molecule has 4 aliphatic rings. The zero-order valence-electron chi connectivity index (χ0n) is 11.2. The molecule has 4 heterocycles. The number of carbonyl (C=O) groups is 1. The lowest BCUT2D eigenvalue weighted by Gasteiger charge is -2.58. The minimum atomic E-state index is 0.451. The number of rotatable bonds is 0. The first-order chi connectivity index (χ1) is 8.84. The van der Waals surface area contributed by atoms with E-state index in [1.807, 2.05) is 0 Å². The van der Waals surface area contributed by atoms with E-state index in [1.54, 1.807) is 0 Å². The number of amides is 1. The molecule has 0 bridgehead atoms.